The summed E-state index contributed by atoms with van der Waals surface area (Å²) >= 11 is 0. The number of esters is 2. The third-order valence-electron chi connectivity index (χ3n) is 4.32. The number of carbonyl (C=O) groups is 2. The van der Waals surface area contributed by atoms with Crippen LogP contribution in [0.25, 0.3) is 0 Å². The first kappa shape index (κ1) is 22.2. The van der Waals surface area contributed by atoms with Crippen molar-refractivity contribution in [3.05, 3.63) is 29.8 Å². The third kappa shape index (κ3) is 10.2. The molecule has 0 atom stereocenters. The van der Waals surface area contributed by atoms with E-state index in [1.807, 2.05) is 12.1 Å². The monoisotopic (exact) mass is 362 g/mol. The van der Waals surface area contributed by atoms with Crippen LogP contribution in [0.1, 0.15) is 90.0 Å². The Morgan fingerprint density at radius 2 is 1.42 bits per heavy atom. The minimum Gasteiger partial charge on any atom is -0.466 e. The molecule has 0 aromatic heterocycles. The van der Waals surface area contributed by atoms with Gasteiger partial charge in [-0.3, -0.25) is 9.59 Å². The molecule has 1 aromatic carbocycles. The molecule has 0 saturated carbocycles. The lowest BCUT2D eigenvalue weighted by Crippen LogP contribution is -2.12. The van der Waals surface area contributed by atoms with Crippen molar-refractivity contribution in [2.45, 2.75) is 84.5 Å². The zero-order valence-electron chi connectivity index (χ0n) is 16.6. The molecule has 0 aliphatic heterocycles. The summed E-state index contributed by atoms with van der Waals surface area (Å²) in [4.78, 5) is 23.5. The molecular weight excluding hydrogens is 328 g/mol. The van der Waals surface area contributed by atoms with Crippen LogP contribution in [-0.4, -0.2) is 18.5 Å². The summed E-state index contributed by atoms with van der Waals surface area (Å²) in [5.74, 6) is 0.208. The summed E-state index contributed by atoms with van der Waals surface area (Å²) in [5, 5.41) is 0. The fraction of sp³-hybridized carbons (Fsp3) is 0.636. The van der Waals surface area contributed by atoms with Crippen LogP contribution in [-0.2, 0) is 14.3 Å². The van der Waals surface area contributed by atoms with E-state index in [1.54, 1.807) is 12.1 Å². The number of ether oxygens (including phenoxy) is 2. The maximum atomic E-state index is 11.8. The van der Waals surface area contributed by atoms with Gasteiger partial charge >= 0.3 is 11.9 Å². The first-order valence-electron chi connectivity index (χ1n) is 9.99. The molecular formula is C22H34O4. The van der Waals surface area contributed by atoms with Crippen LogP contribution in [0.2, 0.25) is 0 Å². The molecule has 1 rings (SSSR count). The maximum absolute atomic E-state index is 11.8. The van der Waals surface area contributed by atoms with Gasteiger partial charge in [0.15, 0.2) is 0 Å². The Morgan fingerprint density at radius 1 is 0.846 bits per heavy atom. The van der Waals surface area contributed by atoms with Crippen LogP contribution in [0.5, 0.6) is 5.75 Å². The van der Waals surface area contributed by atoms with Crippen molar-refractivity contribution < 1.29 is 19.1 Å². The number of unbranched alkanes of at least 4 members (excludes halogenated alkanes) is 6. The molecule has 0 aliphatic carbocycles. The van der Waals surface area contributed by atoms with Crippen LogP contribution >= 0.6 is 0 Å². The van der Waals surface area contributed by atoms with Crippen LogP contribution in [0, 0.1) is 0 Å². The largest absolute Gasteiger partial charge is 0.466 e. The van der Waals surface area contributed by atoms with Gasteiger partial charge in [-0.15, -0.1) is 0 Å². The Hall–Kier alpha value is -1.84. The molecule has 1 aromatic rings. The van der Waals surface area contributed by atoms with E-state index in [-0.39, 0.29) is 18.8 Å². The average Bonchev–Trinajstić information content (AvgIpc) is 2.62. The van der Waals surface area contributed by atoms with Crippen LogP contribution < -0.4 is 4.74 Å². The summed E-state index contributed by atoms with van der Waals surface area (Å²) in [6, 6.07) is 7.46. The standard InChI is InChI=1S/C22H34O4/c1-4-5-6-7-8-9-10-17-25-21(23)15-16-22(24)26-20-13-11-19(12-14-20)18(2)3/h11-14,18H,4-10,15-17H2,1-3H3. The van der Waals surface area contributed by atoms with E-state index in [4.69, 9.17) is 9.47 Å². The molecule has 26 heavy (non-hydrogen) atoms. The minimum atomic E-state index is -0.407. The topological polar surface area (TPSA) is 52.6 Å². The SMILES string of the molecule is CCCCCCCCCOC(=O)CCC(=O)Oc1ccc(C(C)C)cc1. The van der Waals surface area contributed by atoms with Gasteiger partial charge in [0.1, 0.15) is 5.75 Å². The normalized spacial score (nSPS) is 10.8. The highest BCUT2D eigenvalue weighted by Crippen LogP contribution is 2.19. The number of hydrogen-bond acceptors (Lipinski definition) is 4. The van der Waals surface area contributed by atoms with Crippen molar-refractivity contribution >= 4 is 11.9 Å². The lowest BCUT2D eigenvalue weighted by Gasteiger charge is -2.08. The van der Waals surface area contributed by atoms with E-state index >= 15 is 0 Å². The molecule has 0 heterocycles. The Bertz CT molecular complexity index is 519. The van der Waals surface area contributed by atoms with Crippen molar-refractivity contribution in [1.29, 1.82) is 0 Å². The predicted molar refractivity (Wildman–Crippen MR) is 104 cm³/mol. The molecule has 0 bridgehead atoms. The second kappa shape index (κ2) is 13.4. The minimum absolute atomic E-state index is 0.0434. The predicted octanol–water partition coefficient (Wildman–Crippen LogP) is 5.79. The molecule has 146 valence electrons. The van der Waals surface area contributed by atoms with Gasteiger partial charge in [0.25, 0.3) is 0 Å². The molecule has 4 nitrogen and oxygen atoms in total. The van der Waals surface area contributed by atoms with E-state index in [0.29, 0.717) is 18.3 Å². The molecule has 4 heteroatoms. The van der Waals surface area contributed by atoms with Crippen LogP contribution in [0.4, 0.5) is 0 Å². The van der Waals surface area contributed by atoms with Gasteiger partial charge in [-0.1, -0.05) is 71.4 Å². The zero-order chi connectivity index (χ0) is 19.2. The number of carbonyl (C=O) groups excluding carboxylic acids is 2. The van der Waals surface area contributed by atoms with Crippen molar-refractivity contribution in [1.82, 2.24) is 0 Å². The smallest absolute Gasteiger partial charge is 0.311 e. The van der Waals surface area contributed by atoms with Crippen molar-refractivity contribution in [3.63, 3.8) is 0 Å². The highest BCUT2D eigenvalue weighted by Gasteiger charge is 2.10. The molecule has 0 radical (unpaired) electrons. The quantitative estimate of drug-likeness (QED) is 0.253. The van der Waals surface area contributed by atoms with Gasteiger partial charge in [0, 0.05) is 0 Å². The van der Waals surface area contributed by atoms with Gasteiger partial charge in [0.2, 0.25) is 0 Å². The third-order valence-corrected chi connectivity index (χ3v) is 4.32. The van der Waals surface area contributed by atoms with E-state index in [0.717, 1.165) is 12.8 Å². The van der Waals surface area contributed by atoms with E-state index in [9.17, 15) is 9.59 Å². The van der Waals surface area contributed by atoms with Gasteiger partial charge in [-0.2, -0.15) is 0 Å². The van der Waals surface area contributed by atoms with Gasteiger partial charge < -0.3 is 9.47 Å². The van der Waals surface area contributed by atoms with E-state index in [2.05, 4.69) is 20.8 Å². The highest BCUT2D eigenvalue weighted by atomic mass is 16.5. The molecule has 0 unspecified atom stereocenters. The summed E-state index contributed by atoms with van der Waals surface area (Å²) in [5.41, 5.74) is 1.19. The maximum Gasteiger partial charge on any atom is 0.311 e. The van der Waals surface area contributed by atoms with Crippen LogP contribution in [0.3, 0.4) is 0 Å². The first-order chi connectivity index (χ1) is 12.5. The van der Waals surface area contributed by atoms with E-state index in [1.165, 1.54) is 37.7 Å². The molecule has 0 N–H and O–H groups in total. The summed E-state index contributed by atoms with van der Waals surface area (Å²) in [7, 11) is 0. The van der Waals surface area contributed by atoms with Gasteiger partial charge in [0.05, 0.1) is 19.4 Å². The number of hydrogen-bond donors (Lipinski definition) is 0. The van der Waals surface area contributed by atoms with Crippen LogP contribution in [0.15, 0.2) is 24.3 Å². The number of rotatable bonds is 13. The lowest BCUT2D eigenvalue weighted by molar-refractivity contribution is -0.147. The lowest BCUT2D eigenvalue weighted by atomic mass is 10.0. The fourth-order valence-electron chi connectivity index (χ4n) is 2.62. The Kier molecular flexibility index (Phi) is 11.4. The molecule has 0 aliphatic rings. The van der Waals surface area contributed by atoms with Gasteiger partial charge in [-0.05, 0) is 30.0 Å². The Morgan fingerprint density at radius 3 is 2.04 bits per heavy atom. The molecule has 0 saturated heterocycles. The molecule has 0 spiro atoms. The first-order valence-corrected chi connectivity index (χ1v) is 9.99. The highest BCUT2D eigenvalue weighted by molar-refractivity contribution is 5.79. The fourth-order valence-corrected chi connectivity index (χ4v) is 2.62. The van der Waals surface area contributed by atoms with Crippen molar-refractivity contribution in [2.75, 3.05) is 6.61 Å². The van der Waals surface area contributed by atoms with Crippen molar-refractivity contribution in [2.24, 2.45) is 0 Å². The molecule has 0 amide bonds. The second-order valence-electron chi connectivity index (χ2n) is 7.04. The summed E-state index contributed by atoms with van der Waals surface area (Å²) in [6.45, 7) is 6.87. The molecule has 0 fully saturated rings. The van der Waals surface area contributed by atoms with E-state index < -0.39 is 5.97 Å². The van der Waals surface area contributed by atoms with Gasteiger partial charge in [-0.25, -0.2) is 0 Å². The number of benzene rings is 1. The summed E-state index contributed by atoms with van der Waals surface area (Å²) in [6.07, 6.45) is 8.39. The summed E-state index contributed by atoms with van der Waals surface area (Å²) < 4.78 is 10.4. The Balaban J connectivity index is 2.09. The second-order valence-corrected chi connectivity index (χ2v) is 7.04. The van der Waals surface area contributed by atoms with Crippen molar-refractivity contribution in [3.8, 4) is 5.75 Å². The average molecular weight is 363 g/mol. The zero-order valence-corrected chi connectivity index (χ0v) is 16.6. The Labute approximate surface area is 158 Å².